The Bertz CT molecular complexity index is 475. The fraction of sp³-hybridized carbons (Fsp3) is 0.333. The standard InChI is InChI=1S/C12H16N4/c1-3-16-8-10(7-15-16)12(13)11-6-9(2)4-5-14-11/h4-8,12H,3,13H2,1-2H3. The number of rotatable bonds is 3. The largest absolute Gasteiger partial charge is 0.319 e. The molecule has 0 saturated heterocycles. The second-order valence-electron chi connectivity index (χ2n) is 3.87. The summed E-state index contributed by atoms with van der Waals surface area (Å²) in [5.74, 6) is 0. The molecule has 0 aliphatic carbocycles. The van der Waals surface area contributed by atoms with E-state index in [1.54, 1.807) is 12.4 Å². The average Bonchev–Trinajstić information content (AvgIpc) is 2.76. The number of nitrogens with zero attached hydrogens (tertiary/aromatic N) is 3. The third-order valence-corrected chi connectivity index (χ3v) is 2.59. The van der Waals surface area contributed by atoms with Gasteiger partial charge in [-0.3, -0.25) is 9.67 Å². The van der Waals surface area contributed by atoms with Crippen LogP contribution in [0, 0.1) is 6.92 Å². The lowest BCUT2D eigenvalue weighted by Crippen LogP contribution is -2.13. The molecule has 0 radical (unpaired) electrons. The van der Waals surface area contributed by atoms with Gasteiger partial charge >= 0.3 is 0 Å². The first-order valence-electron chi connectivity index (χ1n) is 5.41. The molecule has 0 fully saturated rings. The van der Waals surface area contributed by atoms with Crippen LogP contribution in [0.2, 0.25) is 0 Å². The van der Waals surface area contributed by atoms with Crippen LogP contribution in [0.15, 0.2) is 30.7 Å². The van der Waals surface area contributed by atoms with Crippen molar-refractivity contribution in [1.82, 2.24) is 14.8 Å². The van der Waals surface area contributed by atoms with Crippen molar-refractivity contribution in [2.45, 2.75) is 26.4 Å². The quantitative estimate of drug-likeness (QED) is 0.848. The number of aryl methyl sites for hydroxylation is 2. The lowest BCUT2D eigenvalue weighted by molar-refractivity contribution is 0.658. The summed E-state index contributed by atoms with van der Waals surface area (Å²) < 4.78 is 1.87. The van der Waals surface area contributed by atoms with Crippen molar-refractivity contribution in [2.75, 3.05) is 0 Å². The van der Waals surface area contributed by atoms with E-state index < -0.39 is 0 Å². The lowest BCUT2D eigenvalue weighted by atomic mass is 10.1. The van der Waals surface area contributed by atoms with Crippen LogP contribution in [0.3, 0.4) is 0 Å². The van der Waals surface area contributed by atoms with E-state index in [0.29, 0.717) is 0 Å². The van der Waals surface area contributed by atoms with Crippen molar-refractivity contribution in [3.63, 3.8) is 0 Å². The lowest BCUT2D eigenvalue weighted by Gasteiger charge is -2.08. The topological polar surface area (TPSA) is 56.7 Å². The van der Waals surface area contributed by atoms with E-state index in [2.05, 4.69) is 10.1 Å². The number of hydrogen-bond donors (Lipinski definition) is 1. The van der Waals surface area contributed by atoms with Gasteiger partial charge in [-0.05, 0) is 31.5 Å². The maximum atomic E-state index is 6.14. The highest BCUT2D eigenvalue weighted by molar-refractivity contribution is 5.25. The highest BCUT2D eigenvalue weighted by Crippen LogP contribution is 2.17. The Kier molecular flexibility index (Phi) is 3.01. The Labute approximate surface area is 95.1 Å². The van der Waals surface area contributed by atoms with Gasteiger partial charge in [0, 0.05) is 24.5 Å². The maximum absolute atomic E-state index is 6.14. The van der Waals surface area contributed by atoms with Gasteiger partial charge in [-0.25, -0.2) is 0 Å². The molecule has 0 aliphatic heterocycles. The smallest absolute Gasteiger partial charge is 0.0757 e. The highest BCUT2D eigenvalue weighted by Gasteiger charge is 2.12. The minimum absolute atomic E-state index is 0.194. The average molecular weight is 216 g/mol. The number of pyridine rings is 1. The molecule has 0 amide bonds. The van der Waals surface area contributed by atoms with E-state index in [0.717, 1.165) is 17.8 Å². The van der Waals surface area contributed by atoms with Gasteiger partial charge in [-0.1, -0.05) is 0 Å². The Morgan fingerprint density at radius 3 is 2.94 bits per heavy atom. The molecule has 2 N–H and O–H groups in total. The summed E-state index contributed by atoms with van der Waals surface area (Å²) in [6, 6.07) is 3.78. The molecule has 2 aromatic heterocycles. The summed E-state index contributed by atoms with van der Waals surface area (Å²) in [6.07, 6.45) is 5.56. The zero-order valence-corrected chi connectivity index (χ0v) is 9.59. The van der Waals surface area contributed by atoms with E-state index >= 15 is 0 Å². The van der Waals surface area contributed by atoms with Gasteiger partial charge in [0.2, 0.25) is 0 Å². The molecule has 0 spiro atoms. The van der Waals surface area contributed by atoms with Gasteiger partial charge in [0.1, 0.15) is 0 Å². The summed E-state index contributed by atoms with van der Waals surface area (Å²) in [4.78, 5) is 4.29. The van der Waals surface area contributed by atoms with Crippen LogP contribution in [0.1, 0.15) is 29.8 Å². The summed E-state index contributed by atoms with van der Waals surface area (Å²) in [5.41, 5.74) is 9.19. The Morgan fingerprint density at radius 2 is 2.31 bits per heavy atom. The van der Waals surface area contributed by atoms with Crippen molar-refractivity contribution in [2.24, 2.45) is 5.73 Å². The maximum Gasteiger partial charge on any atom is 0.0757 e. The molecule has 4 heteroatoms. The molecule has 2 heterocycles. The molecule has 0 aliphatic rings. The fourth-order valence-corrected chi connectivity index (χ4v) is 1.61. The van der Waals surface area contributed by atoms with Gasteiger partial charge in [0.05, 0.1) is 17.9 Å². The van der Waals surface area contributed by atoms with E-state index in [4.69, 9.17) is 5.73 Å². The first-order chi connectivity index (χ1) is 7.70. The molecule has 2 rings (SSSR count). The normalized spacial score (nSPS) is 12.7. The predicted octanol–water partition coefficient (Wildman–Crippen LogP) is 1.65. The third-order valence-electron chi connectivity index (χ3n) is 2.59. The molecular formula is C12H16N4. The van der Waals surface area contributed by atoms with Crippen molar-refractivity contribution < 1.29 is 0 Å². The Morgan fingerprint density at radius 1 is 1.50 bits per heavy atom. The second-order valence-corrected chi connectivity index (χ2v) is 3.87. The van der Waals surface area contributed by atoms with Crippen molar-refractivity contribution in [1.29, 1.82) is 0 Å². The molecule has 4 nitrogen and oxygen atoms in total. The molecule has 84 valence electrons. The van der Waals surface area contributed by atoms with Gasteiger partial charge in [-0.15, -0.1) is 0 Å². The van der Waals surface area contributed by atoms with Gasteiger partial charge in [-0.2, -0.15) is 5.10 Å². The number of aromatic nitrogens is 3. The van der Waals surface area contributed by atoms with Crippen LogP contribution < -0.4 is 5.73 Å². The molecular weight excluding hydrogens is 200 g/mol. The summed E-state index contributed by atoms with van der Waals surface area (Å²) in [5, 5.41) is 4.21. The van der Waals surface area contributed by atoms with Crippen LogP contribution >= 0.6 is 0 Å². The minimum Gasteiger partial charge on any atom is -0.319 e. The number of hydrogen-bond acceptors (Lipinski definition) is 3. The van der Waals surface area contributed by atoms with Crippen LogP contribution in [0.4, 0.5) is 0 Å². The number of nitrogens with two attached hydrogens (primary N) is 1. The summed E-state index contributed by atoms with van der Waals surface area (Å²) in [7, 11) is 0. The van der Waals surface area contributed by atoms with Crippen molar-refractivity contribution in [3.05, 3.63) is 47.5 Å². The zero-order chi connectivity index (χ0) is 11.5. The Balaban J connectivity index is 2.27. The van der Waals surface area contributed by atoms with Gasteiger partial charge in [0.25, 0.3) is 0 Å². The minimum atomic E-state index is -0.194. The van der Waals surface area contributed by atoms with Gasteiger partial charge < -0.3 is 5.73 Å². The second kappa shape index (κ2) is 4.45. The first kappa shape index (κ1) is 10.8. The van der Waals surface area contributed by atoms with Crippen molar-refractivity contribution in [3.8, 4) is 0 Å². The van der Waals surface area contributed by atoms with E-state index in [-0.39, 0.29) is 6.04 Å². The first-order valence-corrected chi connectivity index (χ1v) is 5.41. The third kappa shape index (κ3) is 2.12. The monoisotopic (exact) mass is 216 g/mol. The highest BCUT2D eigenvalue weighted by atomic mass is 15.3. The molecule has 16 heavy (non-hydrogen) atoms. The van der Waals surface area contributed by atoms with Crippen LogP contribution in [-0.4, -0.2) is 14.8 Å². The van der Waals surface area contributed by atoms with E-state index in [1.165, 1.54) is 5.56 Å². The molecule has 1 unspecified atom stereocenters. The van der Waals surface area contributed by atoms with Crippen LogP contribution in [-0.2, 0) is 6.54 Å². The summed E-state index contributed by atoms with van der Waals surface area (Å²) in [6.45, 7) is 4.94. The SMILES string of the molecule is CCn1cc(C(N)c2cc(C)ccn2)cn1. The molecule has 0 saturated carbocycles. The van der Waals surface area contributed by atoms with Gasteiger partial charge in [0.15, 0.2) is 0 Å². The summed E-state index contributed by atoms with van der Waals surface area (Å²) >= 11 is 0. The van der Waals surface area contributed by atoms with E-state index in [1.807, 2.05) is 36.9 Å². The molecule has 0 aromatic carbocycles. The van der Waals surface area contributed by atoms with Crippen molar-refractivity contribution >= 4 is 0 Å². The van der Waals surface area contributed by atoms with Crippen LogP contribution in [0.25, 0.3) is 0 Å². The fourth-order valence-electron chi connectivity index (χ4n) is 1.61. The zero-order valence-electron chi connectivity index (χ0n) is 9.59. The molecule has 0 bridgehead atoms. The predicted molar refractivity (Wildman–Crippen MR) is 62.9 cm³/mol. The molecule has 2 aromatic rings. The van der Waals surface area contributed by atoms with Crippen LogP contribution in [0.5, 0.6) is 0 Å². The van der Waals surface area contributed by atoms with E-state index in [9.17, 15) is 0 Å². The Hall–Kier alpha value is -1.68. The molecule has 1 atom stereocenters.